The lowest BCUT2D eigenvalue weighted by atomic mass is 10.2. The zero-order chi connectivity index (χ0) is 23.5. The van der Waals surface area contributed by atoms with E-state index in [4.69, 9.17) is 22.1 Å². The molecule has 1 aromatic rings. The van der Waals surface area contributed by atoms with E-state index in [1.807, 2.05) is 6.92 Å². The smallest absolute Gasteiger partial charge is 0.303 e. The number of thioether (sulfide) groups is 1. The van der Waals surface area contributed by atoms with Gasteiger partial charge in [0.15, 0.2) is 11.5 Å². The van der Waals surface area contributed by atoms with Gasteiger partial charge in [0.05, 0.1) is 11.5 Å². The van der Waals surface area contributed by atoms with E-state index < -0.39 is 5.97 Å². The third kappa shape index (κ3) is 8.16. The van der Waals surface area contributed by atoms with Gasteiger partial charge < -0.3 is 20.3 Å². The number of nitrogens with one attached hydrogen (secondary N) is 1. The third-order valence-electron chi connectivity index (χ3n) is 4.63. The summed E-state index contributed by atoms with van der Waals surface area (Å²) in [6, 6.07) is 4.87. The van der Waals surface area contributed by atoms with Crippen molar-refractivity contribution in [1.82, 2.24) is 10.2 Å². The number of hydrogen-bond donors (Lipinski definition) is 3. The second-order valence-electron chi connectivity index (χ2n) is 7.15. The largest absolute Gasteiger partial charge is 0.504 e. The lowest BCUT2D eigenvalue weighted by Gasteiger charge is -2.14. The minimum Gasteiger partial charge on any atom is -0.504 e. The van der Waals surface area contributed by atoms with E-state index in [0.29, 0.717) is 47.5 Å². The van der Waals surface area contributed by atoms with Gasteiger partial charge in [-0.3, -0.25) is 19.3 Å². The van der Waals surface area contributed by atoms with Crippen molar-refractivity contribution in [2.24, 2.45) is 0 Å². The van der Waals surface area contributed by atoms with Gasteiger partial charge in [0.25, 0.3) is 5.91 Å². The van der Waals surface area contributed by atoms with Crippen molar-refractivity contribution in [3.63, 3.8) is 0 Å². The Morgan fingerprint density at radius 1 is 1.22 bits per heavy atom. The normalized spacial score (nSPS) is 14.8. The van der Waals surface area contributed by atoms with Crippen molar-refractivity contribution in [2.75, 3.05) is 19.7 Å². The van der Waals surface area contributed by atoms with Gasteiger partial charge in [-0.05, 0) is 50.0 Å². The van der Waals surface area contributed by atoms with Crippen LogP contribution in [0.4, 0.5) is 0 Å². The van der Waals surface area contributed by atoms with Crippen LogP contribution in [0.2, 0.25) is 0 Å². The molecule has 0 saturated carbocycles. The van der Waals surface area contributed by atoms with Crippen molar-refractivity contribution in [3.05, 3.63) is 28.7 Å². The van der Waals surface area contributed by atoms with Crippen LogP contribution < -0.4 is 10.1 Å². The van der Waals surface area contributed by atoms with E-state index >= 15 is 0 Å². The minimum atomic E-state index is -0.807. The molecular formula is C22H28N2O6S2. The van der Waals surface area contributed by atoms with Crippen molar-refractivity contribution in [1.29, 1.82) is 0 Å². The summed E-state index contributed by atoms with van der Waals surface area (Å²) in [6.07, 6.45) is 4.71. The summed E-state index contributed by atoms with van der Waals surface area (Å²) in [5, 5.41) is 21.2. The van der Waals surface area contributed by atoms with Crippen molar-refractivity contribution in [3.8, 4) is 11.5 Å². The first kappa shape index (κ1) is 25.7. The summed E-state index contributed by atoms with van der Waals surface area (Å²) < 4.78 is 5.82. The Morgan fingerprint density at radius 2 is 2.00 bits per heavy atom. The molecule has 0 radical (unpaired) electrons. The summed E-state index contributed by atoms with van der Waals surface area (Å²) in [4.78, 5) is 37.1. The monoisotopic (exact) mass is 480 g/mol. The Balaban J connectivity index is 1.78. The topological polar surface area (TPSA) is 116 Å². The van der Waals surface area contributed by atoms with Gasteiger partial charge in [0.2, 0.25) is 5.91 Å². The number of carboxylic acid groups (broad SMARTS) is 1. The molecule has 32 heavy (non-hydrogen) atoms. The van der Waals surface area contributed by atoms with Crippen LogP contribution in [0.25, 0.3) is 6.08 Å². The fraction of sp³-hybridized carbons (Fsp3) is 0.455. The maximum atomic E-state index is 12.7. The maximum absolute atomic E-state index is 12.7. The van der Waals surface area contributed by atoms with Crippen molar-refractivity contribution in [2.45, 2.75) is 45.4 Å². The number of carbonyl (C=O) groups is 3. The van der Waals surface area contributed by atoms with Gasteiger partial charge in [-0.2, -0.15) is 0 Å². The number of benzene rings is 1. The first-order valence-corrected chi connectivity index (χ1v) is 11.7. The number of carboxylic acids is 1. The van der Waals surface area contributed by atoms with Crippen molar-refractivity contribution >= 4 is 52.2 Å². The predicted octanol–water partition coefficient (Wildman–Crippen LogP) is 3.53. The van der Waals surface area contributed by atoms with Crippen LogP contribution in [0, 0.1) is 0 Å². The van der Waals surface area contributed by atoms with E-state index in [1.165, 1.54) is 22.7 Å². The molecule has 0 bridgehead atoms. The number of rotatable bonds is 13. The van der Waals surface area contributed by atoms with Gasteiger partial charge in [0, 0.05) is 25.9 Å². The average Bonchev–Trinajstić information content (AvgIpc) is 3.00. The van der Waals surface area contributed by atoms with E-state index in [0.717, 1.165) is 18.4 Å². The quantitative estimate of drug-likeness (QED) is 0.223. The number of aliphatic carboxylic acids is 1. The number of carbonyl (C=O) groups excluding carboxylic acids is 2. The number of nitrogens with zero attached hydrogens (tertiary/aromatic N) is 1. The van der Waals surface area contributed by atoms with E-state index in [9.17, 15) is 19.5 Å². The van der Waals surface area contributed by atoms with Crippen LogP contribution in [0.3, 0.4) is 0 Å². The molecule has 1 saturated heterocycles. The third-order valence-corrected chi connectivity index (χ3v) is 6.01. The summed E-state index contributed by atoms with van der Waals surface area (Å²) in [5.41, 5.74) is 0.717. The minimum absolute atomic E-state index is 0.0371. The zero-order valence-corrected chi connectivity index (χ0v) is 19.6. The number of unbranched alkanes of at least 4 members (excludes halogenated alkanes) is 2. The molecule has 10 heteroatoms. The number of aromatic hydroxyl groups is 1. The van der Waals surface area contributed by atoms with E-state index in [1.54, 1.807) is 18.2 Å². The molecule has 0 spiro atoms. The predicted molar refractivity (Wildman–Crippen MR) is 128 cm³/mol. The Kier molecular flexibility index (Phi) is 10.5. The molecule has 0 aromatic heterocycles. The van der Waals surface area contributed by atoms with Gasteiger partial charge in [-0.1, -0.05) is 36.5 Å². The Hall–Kier alpha value is -2.59. The zero-order valence-electron chi connectivity index (χ0n) is 18.0. The van der Waals surface area contributed by atoms with Gasteiger partial charge >= 0.3 is 5.97 Å². The van der Waals surface area contributed by atoms with E-state index in [-0.39, 0.29) is 30.4 Å². The van der Waals surface area contributed by atoms with Gasteiger partial charge in [0.1, 0.15) is 4.32 Å². The molecule has 0 aliphatic carbocycles. The number of hydrogen-bond acceptors (Lipinski definition) is 7. The lowest BCUT2D eigenvalue weighted by molar-refractivity contribution is -0.137. The molecule has 0 unspecified atom stereocenters. The fourth-order valence-corrected chi connectivity index (χ4v) is 4.34. The maximum Gasteiger partial charge on any atom is 0.303 e. The molecule has 174 valence electrons. The number of ether oxygens (including phenoxy) is 1. The van der Waals surface area contributed by atoms with Crippen LogP contribution in [-0.4, -0.2) is 56.9 Å². The summed E-state index contributed by atoms with van der Waals surface area (Å²) >= 11 is 6.53. The molecular weight excluding hydrogens is 452 g/mol. The number of phenols is 1. The number of phenolic OH excluding ortho intramolecular Hbond substituents is 1. The molecule has 1 heterocycles. The highest BCUT2D eigenvalue weighted by molar-refractivity contribution is 8.26. The molecule has 0 atom stereocenters. The standard InChI is InChI=1S/C22H28N2O6S2/c1-2-30-17-13-15(9-10-16(17)25)14-18-21(29)24(22(31)32-18)12-6-7-19(26)23-11-5-3-4-8-20(27)28/h9-10,13-14,25H,2-8,11-12H2,1H3,(H,23,26)(H,27,28)/b18-14-. The molecule has 2 amide bonds. The summed E-state index contributed by atoms with van der Waals surface area (Å²) in [5.74, 6) is -0.723. The second kappa shape index (κ2) is 13.1. The van der Waals surface area contributed by atoms with E-state index in [2.05, 4.69) is 5.32 Å². The SMILES string of the molecule is CCOc1cc(/C=C2\SC(=S)N(CCCC(=O)NCCCCCC(=O)O)C2=O)ccc1O. The molecule has 1 aliphatic heterocycles. The molecule has 8 nitrogen and oxygen atoms in total. The van der Waals surface area contributed by atoms with Crippen LogP contribution in [-0.2, 0) is 14.4 Å². The molecule has 1 fully saturated rings. The van der Waals surface area contributed by atoms with Gasteiger partial charge in [-0.15, -0.1) is 0 Å². The number of thiocarbonyl (C=S) groups is 1. The van der Waals surface area contributed by atoms with Crippen LogP contribution in [0.5, 0.6) is 11.5 Å². The fourth-order valence-electron chi connectivity index (χ4n) is 3.03. The van der Waals surface area contributed by atoms with Crippen molar-refractivity contribution < 1.29 is 29.3 Å². The second-order valence-corrected chi connectivity index (χ2v) is 8.83. The summed E-state index contributed by atoms with van der Waals surface area (Å²) in [6.45, 7) is 3.10. The van der Waals surface area contributed by atoms with Crippen LogP contribution in [0.1, 0.15) is 51.0 Å². The summed E-state index contributed by atoms with van der Waals surface area (Å²) in [7, 11) is 0. The molecule has 3 N–H and O–H groups in total. The van der Waals surface area contributed by atoms with Gasteiger partial charge in [-0.25, -0.2) is 0 Å². The average molecular weight is 481 g/mol. The highest BCUT2D eigenvalue weighted by Crippen LogP contribution is 2.34. The highest BCUT2D eigenvalue weighted by Gasteiger charge is 2.31. The number of amides is 2. The Morgan fingerprint density at radius 3 is 2.72 bits per heavy atom. The Labute approximate surface area is 197 Å². The molecule has 2 rings (SSSR count). The first-order chi connectivity index (χ1) is 15.3. The molecule has 1 aromatic carbocycles. The van der Waals surface area contributed by atoms with Crippen LogP contribution in [0.15, 0.2) is 23.1 Å². The highest BCUT2D eigenvalue weighted by atomic mass is 32.2. The first-order valence-electron chi connectivity index (χ1n) is 10.5. The molecule has 1 aliphatic rings. The lowest BCUT2D eigenvalue weighted by Crippen LogP contribution is -2.30. The Bertz CT molecular complexity index is 887. The van der Waals surface area contributed by atoms with Crippen LogP contribution >= 0.6 is 24.0 Å².